The van der Waals surface area contributed by atoms with Crippen LogP contribution in [0.4, 0.5) is 0 Å². The Balaban J connectivity index is 2.05. The van der Waals surface area contributed by atoms with Crippen LogP contribution in [0.25, 0.3) is 0 Å². The van der Waals surface area contributed by atoms with Gasteiger partial charge in [-0.05, 0) is 19.1 Å². The summed E-state index contributed by atoms with van der Waals surface area (Å²) in [7, 11) is 0. The quantitative estimate of drug-likeness (QED) is 0.596. The molecular formula is C12H12O3S. The van der Waals surface area contributed by atoms with Crippen molar-refractivity contribution in [2.24, 2.45) is 0 Å². The van der Waals surface area contributed by atoms with Crippen molar-refractivity contribution in [2.75, 3.05) is 6.61 Å². The monoisotopic (exact) mass is 236 g/mol. The second-order valence-electron chi connectivity index (χ2n) is 3.64. The highest BCUT2D eigenvalue weighted by molar-refractivity contribution is 8.00. The molecule has 1 saturated heterocycles. The van der Waals surface area contributed by atoms with Crippen molar-refractivity contribution in [2.45, 2.75) is 23.5 Å². The summed E-state index contributed by atoms with van der Waals surface area (Å²) in [5.74, 6) is -0.0857. The van der Waals surface area contributed by atoms with Gasteiger partial charge in [-0.15, -0.1) is 11.8 Å². The number of cyclic esters (lactones) is 1. The Labute approximate surface area is 98.2 Å². The van der Waals surface area contributed by atoms with E-state index in [2.05, 4.69) is 0 Å². The maximum absolute atomic E-state index is 11.3. The van der Waals surface area contributed by atoms with Gasteiger partial charge in [0.1, 0.15) is 5.25 Å². The van der Waals surface area contributed by atoms with Gasteiger partial charge in [0.25, 0.3) is 0 Å². The smallest absolute Gasteiger partial charge is 0.319 e. The second-order valence-corrected chi connectivity index (χ2v) is 4.92. The molecule has 16 heavy (non-hydrogen) atoms. The summed E-state index contributed by atoms with van der Waals surface area (Å²) in [4.78, 5) is 23.3. The Bertz CT molecular complexity index is 411. The lowest BCUT2D eigenvalue weighted by Gasteiger charge is -2.05. The Morgan fingerprint density at radius 1 is 1.38 bits per heavy atom. The zero-order valence-corrected chi connectivity index (χ0v) is 9.75. The Hall–Kier alpha value is -1.29. The van der Waals surface area contributed by atoms with Crippen LogP contribution in [0.2, 0.25) is 0 Å². The molecule has 0 radical (unpaired) electrons. The third kappa shape index (κ3) is 2.44. The largest absolute Gasteiger partial charge is 0.465 e. The van der Waals surface area contributed by atoms with Gasteiger partial charge in [-0.2, -0.15) is 0 Å². The first-order valence-corrected chi connectivity index (χ1v) is 5.99. The number of ether oxygens (including phenoxy) is 1. The normalized spacial score (nSPS) is 19.6. The molecule has 1 unspecified atom stereocenters. The average Bonchev–Trinajstić information content (AvgIpc) is 2.65. The number of carbonyl (C=O) groups excluding carboxylic acids is 2. The highest BCUT2D eigenvalue weighted by atomic mass is 32.2. The van der Waals surface area contributed by atoms with E-state index in [1.54, 1.807) is 12.1 Å². The van der Waals surface area contributed by atoms with E-state index in [4.69, 9.17) is 4.74 Å². The summed E-state index contributed by atoms with van der Waals surface area (Å²) in [6.45, 7) is 2.05. The number of esters is 1. The Morgan fingerprint density at radius 3 is 2.56 bits per heavy atom. The first kappa shape index (κ1) is 11.2. The van der Waals surface area contributed by atoms with Gasteiger partial charge in [0.2, 0.25) is 0 Å². The van der Waals surface area contributed by atoms with Gasteiger partial charge in [0.05, 0.1) is 6.61 Å². The van der Waals surface area contributed by atoms with Crippen molar-refractivity contribution < 1.29 is 14.3 Å². The summed E-state index contributed by atoms with van der Waals surface area (Å²) in [5, 5.41) is -0.0943. The minimum atomic E-state index is -0.138. The van der Waals surface area contributed by atoms with E-state index in [0.29, 0.717) is 12.2 Å². The van der Waals surface area contributed by atoms with E-state index < -0.39 is 0 Å². The van der Waals surface area contributed by atoms with Crippen molar-refractivity contribution >= 4 is 23.5 Å². The van der Waals surface area contributed by atoms with Crippen LogP contribution in [0.1, 0.15) is 23.7 Å². The molecule has 1 aromatic carbocycles. The van der Waals surface area contributed by atoms with Crippen LogP contribution in [-0.4, -0.2) is 23.6 Å². The molecule has 0 aliphatic carbocycles. The van der Waals surface area contributed by atoms with Crippen molar-refractivity contribution in [1.29, 1.82) is 0 Å². The fourth-order valence-corrected chi connectivity index (χ4v) is 2.52. The molecule has 0 N–H and O–H groups in total. The lowest BCUT2D eigenvalue weighted by atomic mass is 10.2. The zero-order chi connectivity index (χ0) is 11.5. The Kier molecular flexibility index (Phi) is 3.29. The topological polar surface area (TPSA) is 43.4 Å². The number of benzene rings is 1. The van der Waals surface area contributed by atoms with Gasteiger partial charge in [0, 0.05) is 16.9 Å². The van der Waals surface area contributed by atoms with Gasteiger partial charge in [-0.3, -0.25) is 9.59 Å². The summed E-state index contributed by atoms with van der Waals surface area (Å²) in [6.07, 6.45) is 0.762. The Morgan fingerprint density at radius 2 is 2.06 bits per heavy atom. The second kappa shape index (κ2) is 4.70. The van der Waals surface area contributed by atoms with Crippen molar-refractivity contribution in [3.8, 4) is 0 Å². The molecule has 1 atom stereocenters. The molecule has 1 aliphatic rings. The van der Waals surface area contributed by atoms with Crippen LogP contribution in [0.3, 0.4) is 0 Å². The van der Waals surface area contributed by atoms with Gasteiger partial charge in [-0.1, -0.05) is 12.1 Å². The van der Waals surface area contributed by atoms with Crippen LogP contribution < -0.4 is 0 Å². The molecule has 1 fully saturated rings. The number of thioether (sulfide) groups is 1. The van der Waals surface area contributed by atoms with E-state index in [1.165, 1.54) is 18.7 Å². The van der Waals surface area contributed by atoms with E-state index in [1.807, 2.05) is 12.1 Å². The van der Waals surface area contributed by atoms with Crippen molar-refractivity contribution in [3.05, 3.63) is 29.8 Å². The lowest BCUT2D eigenvalue weighted by Crippen LogP contribution is -2.09. The number of ketones is 1. The van der Waals surface area contributed by atoms with Gasteiger partial charge in [-0.25, -0.2) is 0 Å². The molecule has 4 heteroatoms. The van der Waals surface area contributed by atoms with Crippen LogP contribution in [-0.2, 0) is 9.53 Å². The maximum Gasteiger partial charge on any atom is 0.319 e. The number of hydrogen-bond acceptors (Lipinski definition) is 4. The van der Waals surface area contributed by atoms with Gasteiger partial charge in [0.15, 0.2) is 5.78 Å². The average molecular weight is 236 g/mol. The molecular weight excluding hydrogens is 224 g/mol. The predicted molar refractivity (Wildman–Crippen MR) is 61.7 cm³/mol. The summed E-state index contributed by atoms with van der Waals surface area (Å²) in [5.41, 5.74) is 0.693. The maximum atomic E-state index is 11.3. The number of carbonyl (C=O) groups is 2. The molecule has 0 saturated carbocycles. The molecule has 1 heterocycles. The molecule has 0 bridgehead atoms. The fourth-order valence-electron chi connectivity index (χ4n) is 1.52. The van der Waals surface area contributed by atoms with Crippen LogP contribution >= 0.6 is 11.8 Å². The minimum Gasteiger partial charge on any atom is -0.465 e. The molecule has 0 aromatic heterocycles. The first-order chi connectivity index (χ1) is 7.66. The number of rotatable bonds is 3. The number of Topliss-reactive ketones (excluding diaryl/α,β-unsaturated/α-hetero) is 1. The predicted octanol–water partition coefficient (Wildman–Crippen LogP) is 2.30. The van der Waals surface area contributed by atoms with E-state index in [0.717, 1.165) is 11.3 Å². The van der Waals surface area contributed by atoms with Crippen LogP contribution in [0.15, 0.2) is 29.2 Å². The molecule has 0 spiro atoms. The van der Waals surface area contributed by atoms with Crippen molar-refractivity contribution in [3.63, 3.8) is 0 Å². The lowest BCUT2D eigenvalue weighted by molar-refractivity contribution is -0.137. The van der Waals surface area contributed by atoms with Gasteiger partial charge >= 0.3 is 5.97 Å². The highest BCUT2D eigenvalue weighted by Crippen LogP contribution is 2.29. The summed E-state index contributed by atoms with van der Waals surface area (Å²) in [6, 6.07) is 7.30. The first-order valence-electron chi connectivity index (χ1n) is 5.11. The molecule has 1 aliphatic heterocycles. The molecule has 2 rings (SSSR count). The van der Waals surface area contributed by atoms with Gasteiger partial charge < -0.3 is 4.74 Å². The molecule has 3 nitrogen and oxygen atoms in total. The summed E-state index contributed by atoms with van der Waals surface area (Å²) < 4.78 is 4.89. The van der Waals surface area contributed by atoms with E-state index >= 15 is 0 Å². The minimum absolute atomic E-state index is 0.0526. The van der Waals surface area contributed by atoms with Crippen molar-refractivity contribution in [1.82, 2.24) is 0 Å². The molecule has 84 valence electrons. The molecule has 1 aromatic rings. The van der Waals surface area contributed by atoms with E-state index in [-0.39, 0.29) is 17.0 Å². The third-order valence-electron chi connectivity index (χ3n) is 2.43. The summed E-state index contributed by atoms with van der Waals surface area (Å²) >= 11 is 1.49. The standard InChI is InChI=1S/C12H12O3S/c1-8(13)9-2-4-10(5-3-9)16-11-6-7-15-12(11)14/h2-5,11H,6-7H2,1H3. The third-order valence-corrected chi connectivity index (χ3v) is 3.68. The SMILES string of the molecule is CC(=O)c1ccc(SC2CCOC2=O)cc1. The van der Waals surface area contributed by atoms with Crippen LogP contribution in [0, 0.1) is 0 Å². The number of hydrogen-bond donors (Lipinski definition) is 0. The van der Waals surface area contributed by atoms with E-state index in [9.17, 15) is 9.59 Å². The zero-order valence-electron chi connectivity index (χ0n) is 8.93. The highest BCUT2D eigenvalue weighted by Gasteiger charge is 2.27. The fraction of sp³-hybridized carbons (Fsp3) is 0.333. The molecule has 0 amide bonds. The van der Waals surface area contributed by atoms with Crippen LogP contribution in [0.5, 0.6) is 0 Å².